The van der Waals surface area contributed by atoms with Crippen LogP contribution >= 0.6 is 11.8 Å². The van der Waals surface area contributed by atoms with Crippen molar-refractivity contribution < 1.29 is 28.9 Å². The van der Waals surface area contributed by atoms with Crippen molar-refractivity contribution in [3.63, 3.8) is 0 Å². The Morgan fingerprint density at radius 2 is 2.09 bits per heavy atom. The van der Waals surface area contributed by atoms with Gasteiger partial charge in [0.05, 0.1) is 18.8 Å². The largest absolute Gasteiger partial charge is 0.453 e. The van der Waals surface area contributed by atoms with E-state index in [0.29, 0.717) is 10.6 Å². The fraction of sp³-hybridized carbons (Fsp3) is 0.538. The first-order chi connectivity index (χ1) is 11.1. The van der Waals surface area contributed by atoms with Gasteiger partial charge >= 0.3 is 5.97 Å². The zero-order valence-corrected chi connectivity index (χ0v) is 12.9. The van der Waals surface area contributed by atoms with Gasteiger partial charge in [-0.1, -0.05) is 0 Å². The summed E-state index contributed by atoms with van der Waals surface area (Å²) in [5.74, 6) is -0.529. The molecule has 9 nitrogen and oxygen atoms in total. The van der Waals surface area contributed by atoms with E-state index in [0.717, 1.165) is 0 Å². The van der Waals surface area contributed by atoms with Crippen LogP contribution in [0.25, 0.3) is 0 Å². The minimum Gasteiger partial charge on any atom is -0.453 e. The molecule has 3 rings (SSSR count). The summed E-state index contributed by atoms with van der Waals surface area (Å²) in [5.41, 5.74) is 0.361. The molecule has 0 radical (unpaired) electrons. The van der Waals surface area contributed by atoms with Gasteiger partial charge in [0.1, 0.15) is 17.2 Å². The Labute approximate surface area is 135 Å². The maximum Gasteiger partial charge on any atom is 0.341 e. The fourth-order valence-electron chi connectivity index (χ4n) is 2.64. The minimum absolute atomic E-state index is 0.0211. The van der Waals surface area contributed by atoms with E-state index in [-0.39, 0.29) is 13.2 Å². The number of ether oxygens (including phenoxy) is 3. The van der Waals surface area contributed by atoms with Crippen LogP contribution in [0.3, 0.4) is 0 Å². The standard InChI is InChI=1S/C13H14N2O7S/c1-23-12-7(3-2-4-14-12)13(16)21-8-5-19-11-9(22-15(17)18)6-20-10(8)11/h2-4,8-11H,5-6H2,1H3. The number of hydrogen-bond acceptors (Lipinski definition) is 9. The number of fused-ring (bicyclic) bond motifs is 1. The van der Waals surface area contributed by atoms with Crippen molar-refractivity contribution >= 4 is 17.7 Å². The molecule has 4 atom stereocenters. The summed E-state index contributed by atoms with van der Waals surface area (Å²) >= 11 is 1.34. The van der Waals surface area contributed by atoms with Crippen LogP contribution < -0.4 is 0 Å². The molecule has 4 unspecified atom stereocenters. The van der Waals surface area contributed by atoms with Crippen molar-refractivity contribution in [3.8, 4) is 0 Å². The van der Waals surface area contributed by atoms with Crippen molar-refractivity contribution in [1.29, 1.82) is 0 Å². The quantitative estimate of drug-likeness (QED) is 0.330. The van der Waals surface area contributed by atoms with Gasteiger partial charge in [-0.15, -0.1) is 21.9 Å². The van der Waals surface area contributed by atoms with Gasteiger partial charge in [-0.05, 0) is 18.4 Å². The van der Waals surface area contributed by atoms with E-state index in [2.05, 4.69) is 9.82 Å². The Bertz CT molecular complexity index is 614. The average molecular weight is 342 g/mol. The highest BCUT2D eigenvalue weighted by Gasteiger charge is 2.51. The van der Waals surface area contributed by atoms with E-state index >= 15 is 0 Å². The maximum atomic E-state index is 12.3. The van der Waals surface area contributed by atoms with Crippen LogP contribution in [0.2, 0.25) is 0 Å². The predicted octanol–water partition coefficient (Wildman–Crippen LogP) is 0.703. The number of carbonyl (C=O) groups is 1. The Morgan fingerprint density at radius 1 is 1.39 bits per heavy atom. The van der Waals surface area contributed by atoms with Crippen LogP contribution in [0.5, 0.6) is 0 Å². The van der Waals surface area contributed by atoms with Gasteiger partial charge in [-0.3, -0.25) is 0 Å². The van der Waals surface area contributed by atoms with E-state index in [4.69, 9.17) is 14.2 Å². The van der Waals surface area contributed by atoms with E-state index in [1.54, 1.807) is 18.3 Å². The van der Waals surface area contributed by atoms with Crippen molar-refractivity contribution in [1.82, 2.24) is 4.98 Å². The van der Waals surface area contributed by atoms with Crippen LogP contribution in [-0.4, -0.2) is 59.9 Å². The SMILES string of the molecule is CSc1ncccc1C(=O)OC1COC2C(O[N+](=O)[O-])COC12. The summed E-state index contributed by atoms with van der Waals surface area (Å²) in [6.07, 6.45) is 0.775. The molecule has 0 amide bonds. The van der Waals surface area contributed by atoms with Gasteiger partial charge in [-0.25, -0.2) is 9.78 Å². The number of pyridine rings is 1. The Morgan fingerprint density at radius 3 is 2.78 bits per heavy atom. The molecule has 3 heterocycles. The zero-order chi connectivity index (χ0) is 16.4. The molecule has 10 heteroatoms. The average Bonchev–Trinajstić information content (AvgIpc) is 3.11. The second-order valence-electron chi connectivity index (χ2n) is 4.97. The third kappa shape index (κ3) is 3.23. The maximum absolute atomic E-state index is 12.3. The lowest BCUT2D eigenvalue weighted by atomic mass is 10.1. The fourth-order valence-corrected chi connectivity index (χ4v) is 3.18. The molecule has 2 aliphatic heterocycles. The Hall–Kier alpha value is -1.91. The van der Waals surface area contributed by atoms with E-state index in [1.165, 1.54) is 11.8 Å². The monoisotopic (exact) mass is 342 g/mol. The smallest absolute Gasteiger partial charge is 0.341 e. The van der Waals surface area contributed by atoms with Gasteiger partial charge < -0.3 is 19.0 Å². The van der Waals surface area contributed by atoms with Gasteiger partial charge in [0.15, 0.2) is 12.2 Å². The lowest BCUT2D eigenvalue weighted by molar-refractivity contribution is -0.769. The summed E-state index contributed by atoms with van der Waals surface area (Å²) in [6, 6.07) is 3.28. The highest BCUT2D eigenvalue weighted by molar-refractivity contribution is 7.98. The molecular weight excluding hydrogens is 328 g/mol. The second-order valence-corrected chi connectivity index (χ2v) is 5.76. The summed E-state index contributed by atoms with van der Waals surface area (Å²) in [5, 5.41) is 10.1. The van der Waals surface area contributed by atoms with Crippen LogP contribution in [-0.2, 0) is 19.0 Å². The molecule has 2 saturated heterocycles. The van der Waals surface area contributed by atoms with Crippen LogP contribution in [0.4, 0.5) is 0 Å². The molecule has 0 saturated carbocycles. The van der Waals surface area contributed by atoms with Crippen molar-refractivity contribution in [2.45, 2.75) is 29.4 Å². The normalized spacial score (nSPS) is 29.1. The lowest BCUT2D eigenvalue weighted by Crippen LogP contribution is -2.35. The number of carbonyl (C=O) groups excluding carboxylic acids is 1. The summed E-state index contributed by atoms with van der Waals surface area (Å²) in [7, 11) is 0. The molecule has 2 fully saturated rings. The Balaban J connectivity index is 1.66. The molecular formula is C13H14N2O7S. The van der Waals surface area contributed by atoms with Crippen molar-refractivity contribution in [2.75, 3.05) is 19.5 Å². The third-order valence-corrected chi connectivity index (χ3v) is 4.34. The molecule has 0 bridgehead atoms. The summed E-state index contributed by atoms with van der Waals surface area (Å²) < 4.78 is 16.3. The predicted molar refractivity (Wildman–Crippen MR) is 76.6 cm³/mol. The number of hydrogen-bond donors (Lipinski definition) is 0. The first-order valence-electron chi connectivity index (χ1n) is 6.84. The first kappa shape index (κ1) is 16.0. The summed E-state index contributed by atoms with van der Waals surface area (Å²) in [4.78, 5) is 31.4. The highest BCUT2D eigenvalue weighted by Crippen LogP contribution is 2.31. The first-order valence-corrected chi connectivity index (χ1v) is 8.07. The molecule has 0 N–H and O–H groups in total. The number of esters is 1. The number of thioether (sulfide) groups is 1. The van der Waals surface area contributed by atoms with Gasteiger partial charge in [0, 0.05) is 6.20 Å². The number of rotatable bonds is 5. The Kier molecular flexibility index (Phi) is 4.64. The molecule has 0 aromatic carbocycles. The van der Waals surface area contributed by atoms with Crippen LogP contribution in [0.15, 0.2) is 23.4 Å². The molecule has 1 aromatic rings. The van der Waals surface area contributed by atoms with Gasteiger partial charge in [0.2, 0.25) is 0 Å². The molecule has 0 spiro atoms. The summed E-state index contributed by atoms with van der Waals surface area (Å²) in [6.45, 7) is 0.126. The number of nitrogens with zero attached hydrogens (tertiary/aromatic N) is 2. The van der Waals surface area contributed by atoms with Crippen LogP contribution in [0, 0.1) is 10.1 Å². The third-order valence-electron chi connectivity index (χ3n) is 3.63. The van der Waals surface area contributed by atoms with Crippen molar-refractivity contribution in [3.05, 3.63) is 34.0 Å². The minimum atomic E-state index is -0.876. The molecule has 23 heavy (non-hydrogen) atoms. The van der Waals surface area contributed by atoms with E-state index in [9.17, 15) is 14.9 Å². The van der Waals surface area contributed by atoms with Crippen LogP contribution in [0.1, 0.15) is 10.4 Å². The van der Waals surface area contributed by atoms with E-state index < -0.39 is 35.5 Å². The van der Waals surface area contributed by atoms with E-state index in [1.807, 2.05) is 6.26 Å². The molecule has 124 valence electrons. The molecule has 2 aliphatic rings. The van der Waals surface area contributed by atoms with Gasteiger partial charge in [0.25, 0.3) is 5.09 Å². The topological polar surface area (TPSA) is 110 Å². The number of aromatic nitrogens is 1. The lowest BCUT2D eigenvalue weighted by Gasteiger charge is -2.17. The highest BCUT2D eigenvalue weighted by atomic mass is 32.2. The molecule has 1 aromatic heterocycles. The zero-order valence-electron chi connectivity index (χ0n) is 12.1. The molecule has 0 aliphatic carbocycles. The second kappa shape index (κ2) is 6.69. The van der Waals surface area contributed by atoms with Crippen molar-refractivity contribution in [2.24, 2.45) is 0 Å². The van der Waals surface area contributed by atoms with Gasteiger partial charge in [-0.2, -0.15) is 0 Å².